The number of rotatable bonds is 6. The van der Waals surface area contributed by atoms with Gasteiger partial charge >= 0.3 is 0 Å². The van der Waals surface area contributed by atoms with Crippen LogP contribution in [0.15, 0.2) is 48.5 Å². The fourth-order valence-electron chi connectivity index (χ4n) is 2.34. The lowest BCUT2D eigenvalue weighted by Gasteiger charge is -2.12. The van der Waals surface area contributed by atoms with E-state index in [1.54, 1.807) is 0 Å². The van der Waals surface area contributed by atoms with Gasteiger partial charge in [-0.05, 0) is 31.2 Å². The summed E-state index contributed by atoms with van der Waals surface area (Å²) in [6, 6.07) is 12.9. The molecule has 1 atom stereocenters. The molecule has 0 radical (unpaired) electrons. The van der Waals surface area contributed by atoms with Crippen LogP contribution in [0.2, 0.25) is 0 Å². The maximum Gasteiger partial charge on any atom is 0.269 e. The third kappa shape index (κ3) is 3.92. The quantitative estimate of drug-likeness (QED) is 0.529. The van der Waals surface area contributed by atoms with Crippen molar-refractivity contribution in [3.05, 3.63) is 64.5 Å². The Morgan fingerprint density at radius 2 is 2.00 bits per heavy atom. The van der Waals surface area contributed by atoms with Gasteiger partial charge in [-0.25, -0.2) is 4.98 Å². The highest BCUT2D eigenvalue weighted by atomic mass is 16.6. The van der Waals surface area contributed by atoms with Gasteiger partial charge in [0.05, 0.1) is 22.0 Å². The Kier molecular flexibility index (Phi) is 4.60. The summed E-state index contributed by atoms with van der Waals surface area (Å²) in [6.45, 7) is 1.63. The largest absolute Gasteiger partial charge is 0.484 e. The number of aromatic nitrogens is 2. The Morgan fingerprint density at radius 1 is 1.28 bits per heavy atom. The van der Waals surface area contributed by atoms with Crippen molar-refractivity contribution in [1.82, 2.24) is 15.3 Å². The molecule has 3 rings (SSSR count). The molecule has 1 amide bonds. The number of hydrogen-bond donors (Lipinski definition) is 2. The number of nitrogens with one attached hydrogen (secondary N) is 2. The average Bonchev–Trinajstić information content (AvgIpc) is 3.04. The highest BCUT2D eigenvalue weighted by Gasteiger charge is 2.14. The number of hydrogen-bond acceptors (Lipinski definition) is 5. The summed E-state index contributed by atoms with van der Waals surface area (Å²) >= 11 is 0. The van der Waals surface area contributed by atoms with E-state index >= 15 is 0 Å². The predicted octanol–water partition coefficient (Wildman–Crippen LogP) is 2.73. The second-order valence-corrected chi connectivity index (χ2v) is 5.47. The molecule has 8 nitrogen and oxygen atoms in total. The number of amides is 1. The van der Waals surface area contributed by atoms with Crippen LogP contribution in [0.1, 0.15) is 18.8 Å². The van der Waals surface area contributed by atoms with Crippen LogP contribution in [0, 0.1) is 10.1 Å². The van der Waals surface area contributed by atoms with Crippen molar-refractivity contribution in [1.29, 1.82) is 0 Å². The standard InChI is InChI=1S/C17H16N4O4/c1-11(17-19-14-4-2-3-5-15(14)20-17)18-16(22)10-25-13-8-6-12(7-9-13)21(23)24/h2-9,11H,10H2,1H3,(H,18,22)(H,19,20). The number of carbonyl (C=O) groups excluding carboxylic acids is 1. The summed E-state index contributed by atoms with van der Waals surface area (Å²) in [4.78, 5) is 29.7. The highest BCUT2D eigenvalue weighted by molar-refractivity contribution is 5.78. The van der Waals surface area contributed by atoms with Crippen molar-refractivity contribution < 1.29 is 14.5 Å². The van der Waals surface area contributed by atoms with E-state index in [-0.39, 0.29) is 24.2 Å². The number of nitrogens with zero attached hydrogens (tertiary/aromatic N) is 2. The summed E-state index contributed by atoms with van der Waals surface area (Å²) in [5.74, 6) is 0.730. The molecule has 0 aliphatic rings. The summed E-state index contributed by atoms with van der Waals surface area (Å²) < 4.78 is 5.33. The number of H-pyrrole nitrogens is 1. The van der Waals surface area contributed by atoms with Gasteiger partial charge in [-0.2, -0.15) is 0 Å². The number of benzene rings is 2. The molecule has 2 N–H and O–H groups in total. The van der Waals surface area contributed by atoms with Gasteiger partial charge in [0, 0.05) is 12.1 Å². The van der Waals surface area contributed by atoms with Gasteiger partial charge in [0.25, 0.3) is 11.6 Å². The minimum atomic E-state index is -0.495. The molecule has 8 heteroatoms. The number of para-hydroxylation sites is 2. The Bertz CT molecular complexity index is 871. The molecule has 0 spiro atoms. The van der Waals surface area contributed by atoms with Crippen LogP contribution in [0.5, 0.6) is 5.75 Å². The first kappa shape index (κ1) is 16.4. The minimum absolute atomic E-state index is 0.0321. The molecule has 1 aromatic heterocycles. The molecule has 128 valence electrons. The van der Waals surface area contributed by atoms with Crippen LogP contribution in [0.3, 0.4) is 0 Å². The maximum atomic E-state index is 12.0. The van der Waals surface area contributed by atoms with E-state index in [1.165, 1.54) is 24.3 Å². The van der Waals surface area contributed by atoms with Gasteiger partial charge in [0.1, 0.15) is 11.6 Å². The van der Waals surface area contributed by atoms with E-state index in [1.807, 2.05) is 31.2 Å². The van der Waals surface area contributed by atoms with Crippen LogP contribution in [0.25, 0.3) is 11.0 Å². The molecule has 1 heterocycles. The number of nitro benzene ring substituents is 1. The van der Waals surface area contributed by atoms with E-state index in [0.717, 1.165) is 11.0 Å². The molecule has 0 bridgehead atoms. The topological polar surface area (TPSA) is 110 Å². The van der Waals surface area contributed by atoms with E-state index in [9.17, 15) is 14.9 Å². The first-order valence-corrected chi connectivity index (χ1v) is 7.64. The fourth-order valence-corrected chi connectivity index (χ4v) is 2.34. The molecule has 0 saturated carbocycles. The second-order valence-electron chi connectivity index (χ2n) is 5.47. The SMILES string of the molecule is CC(NC(=O)COc1ccc([N+](=O)[O-])cc1)c1nc2ccccc2[nH]1. The van der Waals surface area contributed by atoms with Crippen molar-refractivity contribution in [3.63, 3.8) is 0 Å². The molecule has 2 aromatic carbocycles. The maximum absolute atomic E-state index is 12.0. The summed E-state index contributed by atoms with van der Waals surface area (Å²) in [5, 5.41) is 13.4. The van der Waals surface area contributed by atoms with Crippen molar-refractivity contribution in [2.75, 3.05) is 6.61 Å². The fraction of sp³-hybridized carbons (Fsp3) is 0.176. The summed E-state index contributed by atoms with van der Waals surface area (Å²) in [6.07, 6.45) is 0. The predicted molar refractivity (Wildman–Crippen MR) is 91.2 cm³/mol. The molecular weight excluding hydrogens is 324 g/mol. The Balaban J connectivity index is 1.55. The number of ether oxygens (including phenoxy) is 1. The number of fused-ring (bicyclic) bond motifs is 1. The Hall–Kier alpha value is -3.42. The van der Waals surface area contributed by atoms with Gasteiger partial charge in [0.2, 0.25) is 0 Å². The Labute approximate surface area is 143 Å². The minimum Gasteiger partial charge on any atom is -0.484 e. The third-order valence-electron chi connectivity index (χ3n) is 3.61. The van der Waals surface area contributed by atoms with Crippen LogP contribution >= 0.6 is 0 Å². The molecule has 0 aliphatic carbocycles. The molecule has 0 fully saturated rings. The van der Waals surface area contributed by atoms with Crippen LogP contribution in [-0.4, -0.2) is 27.4 Å². The first-order valence-electron chi connectivity index (χ1n) is 7.64. The van der Waals surface area contributed by atoms with Crippen molar-refractivity contribution in [2.24, 2.45) is 0 Å². The molecule has 0 saturated heterocycles. The van der Waals surface area contributed by atoms with E-state index in [2.05, 4.69) is 15.3 Å². The van der Waals surface area contributed by atoms with Crippen molar-refractivity contribution in [3.8, 4) is 5.75 Å². The molecule has 3 aromatic rings. The van der Waals surface area contributed by atoms with Crippen molar-refractivity contribution in [2.45, 2.75) is 13.0 Å². The monoisotopic (exact) mass is 340 g/mol. The molecular formula is C17H16N4O4. The lowest BCUT2D eigenvalue weighted by Crippen LogP contribution is -2.31. The van der Waals surface area contributed by atoms with Gasteiger partial charge in [-0.15, -0.1) is 0 Å². The molecule has 25 heavy (non-hydrogen) atoms. The summed E-state index contributed by atoms with van der Waals surface area (Å²) in [5.41, 5.74) is 1.71. The van der Waals surface area contributed by atoms with Crippen molar-refractivity contribution >= 4 is 22.6 Å². The van der Waals surface area contributed by atoms with Crippen LogP contribution < -0.4 is 10.1 Å². The van der Waals surface area contributed by atoms with Gasteiger partial charge in [-0.1, -0.05) is 12.1 Å². The zero-order valence-corrected chi connectivity index (χ0v) is 13.4. The highest BCUT2D eigenvalue weighted by Crippen LogP contribution is 2.18. The first-order chi connectivity index (χ1) is 12.0. The smallest absolute Gasteiger partial charge is 0.269 e. The van der Waals surface area contributed by atoms with E-state index in [0.29, 0.717) is 11.6 Å². The zero-order valence-electron chi connectivity index (χ0n) is 13.4. The lowest BCUT2D eigenvalue weighted by molar-refractivity contribution is -0.384. The normalized spacial score (nSPS) is 11.9. The van der Waals surface area contributed by atoms with Gasteiger partial charge in [0.15, 0.2) is 6.61 Å². The number of nitro groups is 1. The zero-order chi connectivity index (χ0) is 17.8. The second kappa shape index (κ2) is 7.00. The average molecular weight is 340 g/mol. The molecule has 1 unspecified atom stereocenters. The third-order valence-corrected chi connectivity index (χ3v) is 3.61. The molecule has 0 aliphatic heterocycles. The van der Waals surface area contributed by atoms with Crippen LogP contribution in [-0.2, 0) is 4.79 Å². The van der Waals surface area contributed by atoms with Gasteiger partial charge < -0.3 is 15.0 Å². The number of non-ortho nitro benzene ring substituents is 1. The van der Waals surface area contributed by atoms with E-state index in [4.69, 9.17) is 4.74 Å². The van der Waals surface area contributed by atoms with Crippen LogP contribution in [0.4, 0.5) is 5.69 Å². The Morgan fingerprint density at radius 3 is 2.68 bits per heavy atom. The lowest BCUT2D eigenvalue weighted by atomic mass is 10.3. The summed E-state index contributed by atoms with van der Waals surface area (Å²) in [7, 11) is 0. The number of imidazole rings is 1. The number of carbonyl (C=O) groups is 1. The van der Waals surface area contributed by atoms with Gasteiger partial charge in [-0.3, -0.25) is 14.9 Å². The van der Waals surface area contributed by atoms with E-state index < -0.39 is 4.92 Å². The number of aromatic amines is 1.